The van der Waals surface area contributed by atoms with Crippen LogP contribution in [0.4, 0.5) is 5.69 Å². The van der Waals surface area contributed by atoms with Crippen molar-refractivity contribution in [2.24, 2.45) is 0 Å². The summed E-state index contributed by atoms with van der Waals surface area (Å²) in [5.41, 5.74) is 0.459. The molecule has 0 radical (unpaired) electrons. The summed E-state index contributed by atoms with van der Waals surface area (Å²) in [6.07, 6.45) is 1.58. The Labute approximate surface area is 124 Å². The zero-order valence-corrected chi connectivity index (χ0v) is 11.7. The zero-order valence-electron chi connectivity index (χ0n) is 10.2. The number of nitriles is 1. The molecule has 0 fully saturated rings. The van der Waals surface area contributed by atoms with E-state index in [1.54, 1.807) is 18.2 Å². The third-order valence-corrected chi connectivity index (χ3v) is 2.97. The van der Waals surface area contributed by atoms with Gasteiger partial charge in [-0.25, -0.2) is 4.98 Å². The van der Waals surface area contributed by atoms with Crippen molar-refractivity contribution in [2.45, 2.75) is 13.0 Å². The topological polar surface area (TPSA) is 83.6 Å². The van der Waals surface area contributed by atoms with Gasteiger partial charge in [-0.3, -0.25) is 9.48 Å². The molecule has 8 heteroatoms. The summed E-state index contributed by atoms with van der Waals surface area (Å²) in [5, 5.41) is 16.0. The Morgan fingerprint density at radius 1 is 1.45 bits per heavy atom. The normalized spacial score (nSPS) is 10.1. The number of rotatable bonds is 4. The van der Waals surface area contributed by atoms with Crippen LogP contribution in [0.2, 0.25) is 10.0 Å². The lowest BCUT2D eigenvalue weighted by molar-refractivity contribution is -0.116. The number of carbonyl (C=O) groups is 1. The van der Waals surface area contributed by atoms with Gasteiger partial charge in [0.05, 0.1) is 17.3 Å². The van der Waals surface area contributed by atoms with E-state index >= 15 is 0 Å². The third kappa shape index (κ3) is 3.70. The van der Waals surface area contributed by atoms with Crippen molar-refractivity contribution in [3.63, 3.8) is 0 Å². The number of amides is 1. The molecule has 102 valence electrons. The molecule has 0 aliphatic rings. The lowest BCUT2D eigenvalue weighted by Gasteiger charge is -2.07. The molecular formula is C12H9Cl2N5O. The molecule has 2 rings (SSSR count). The first-order valence-electron chi connectivity index (χ1n) is 5.63. The van der Waals surface area contributed by atoms with E-state index in [-0.39, 0.29) is 18.2 Å². The van der Waals surface area contributed by atoms with Crippen LogP contribution in [0.3, 0.4) is 0 Å². The number of hydrogen-bond donors (Lipinski definition) is 1. The van der Waals surface area contributed by atoms with Crippen molar-refractivity contribution >= 4 is 34.8 Å². The number of halogens is 2. The van der Waals surface area contributed by atoms with Gasteiger partial charge in [0.2, 0.25) is 5.91 Å². The maximum atomic E-state index is 11.8. The molecule has 20 heavy (non-hydrogen) atoms. The van der Waals surface area contributed by atoms with Crippen LogP contribution in [0, 0.1) is 11.3 Å². The molecule has 0 aliphatic carbocycles. The molecule has 1 N–H and O–H groups in total. The van der Waals surface area contributed by atoms with E-state index in [9.17, 15) is 4.79 Å². The van der Waals surface area contributed by atoms with Crippen LogP contribution >= 0.6 is 23.2 Å². The Balaban J connectivity index is 1.92. The molecule has 0 spiro atoms. The number of nitrogens with zero attached hydrogens (tertiary/aromatic N) is 4. The molecule has 1 amide bonds. The molecule has 2 aromatic rings. The van der Waals surface area contributed by atoms with E-state index in [1.165, 1.54) is 11.0 Å². The summed E-state index contributed by atoms with van der Waals surface area (Å²) in [6, 6.07) is 6.63. The predicted octanol–water partition coefficient (Wildman–Crippen LogP) is 2.49. The number of hydrogen-bond acceptors (Lipinski definition) is 4. The van der Waals surface area contributed by atoms with Crippen molar-refractivity contribution in [2.75, 3.05) is 5.32 Å². The maximum Gasteiger partial charge on any atom is 0.252 e. The minimum Gasteiger partial charge on any atom is -0.325 e. The smallest absolute Gasteiger partial charge is 0.252 e. The SMILES string of the molecule is N#Cc1ncn(CCC(=O)Nc2cc(Cl)ccc2Cl)n1. The van der Waals surface area contributed by atoms with Gasteiger partial charge in [0, 0.05) is 11.4 Å². The monoisotopic (exact) mass is 309 g/mol. The highest BCUT2D eigenvalue weighted by Gasteiger charge is 2.07. The molecule has 0 aliphatic heterocycles. The van der Waals surface area contributed by atoms with E-state index in [4.69, 9.17) is 28.5 Å². The number of anilines is 1. The van der Waals surface area contributed by atoms with Crippen molar-refractivity contribution in [1.29, 1.82) is 5.26 Å². The van der Waals surface area contributed by atoms with Crippen LogP contribution in [-0.4, -0.2) is 20.7 Å². The fourth-order valence-electron chi connectivity index (χ4n) is 1.48. The molecule has 0 atom stereocenters. The van der Waals surface area contributed by atoms with Crippen molar-refractivity contribution in [3.05, 3.63) is 40.4 Å². The Morgan fingerprint density at radius 3 is 2.95 bits per heavy atom. The van der Waals surface area contributed by atoms with Crippen LogP contribution in [0.5, 0.6) is 0 Å². The summed E-state index contributed by atoms with van der Waals surface area (Å²) in [5.74, 6) is -0.161. The second-order valence-electron chi connectivity index (χ2n) is 3.87. The van der Waals surface area contributed by atoms with Crippen molar-refractivity contribution in [3.8, 4) is 6.07 Å². The summed E-state index contributed by atoms with van der Waals surface area (Å²) < 4.78 is 1.43. The molecule has 0 bridgehead atoms. The second-order valence-corrected chi connectivity index (χ2v) is 4.71. The van der Waals surface area contributed by atoms with Gasteiger partial charge in [0.15, 0.2) is 0 Å². The third-order valence-electron chi connectivity index (χ3n) is 2.41. The Kier molecular flexibility index (Phi) is 4.56. The van der Waals surface area contributed by atoms with Gasteiger partial charge >= 0.3 is 0 Å². The van der Waals surface area contributed by atoms with Crippen LogP contribution in [0.25, 0.3) is 0 Å². The molecule has 0 saturated carbocycles. The molecule has 6 nitrogen and oxygen atoms in total. The minimum absolute atomic E-state index is 0.0725. The highest BCUT2D eigenvalue weighted by molar-refractivity contribution is 6.35. The summed E-state index contributed by atoms with van der Waals surface area (Å²) in [7, 11) is 0. The van der Waals surface area contributed by atoms with Gasteiger partial charge in [-0.15, -0.1) is 5.10 Å². The van der Waals surface area contributed by atoms with Crippen molar-refractivity contribution in [1.82, 2.24) is 14.8 Å². The van der Waals surface area contributed by atoms with Gasteiger partial charge < -0.3 is 5.32 Å². The van der Waals surface area contributed by atoms with Crippen LogP contribution in [0.15, 0.2) is 24.5 Å². The first kappa shape index (κ1) is 14.3. The average Bonchev–Trinajstić information content (AvgIpc) is 2.89. The van der Waals surface area contributed by atoms with E-state index in [0.29, 0.717) is 22.3 Å². The lowest BCUT2D eigenvalue weighted by Crippen LogP contribution is -2.15. The van der Waals surface area contributed by atoms with Gasteiger partial charge in [-0.05, 0) is 18.2 Å². The molecular weight excluding hydrogens is 301 g/mol. The summed E-state index contributed by atoms with van der Waals surface area (Å²) >= 11 is 11.8. The first-order chi connectivity index (χ1) is 9.58. The van der Waals surface area contributed by atoms with Gasteiger partial charge in [-0.1, -0.05) is 23.2 Å². The maximum absolute atomic E-state index is 11.8. The van der Waals surface area contributed by atoms with Crippen LogP contribution in [0.1, 0.15) is 12.2 Å². The molecule has 1 aromatic carbocycles. The first-order valence-corrected chi connectivity index (χ1v) is 6.38. The minimum atomic E-state index is -0.233. The molecule has 1 heterocycles. The van der Waals surface area contributed by atoms with Crippen LogP contribution < -0.4 is 5.32 Å². The fraction of sp³-hybridized carbons (Fsp3) is 0.167. The lowest BCUT2D eigenvalue weighted by atomic mass is 10.3. The number of benzene rings is 1. The number of aromatic nitrogens is 3. The predicted molar refractivity (Wildman–Crippen MR) is 74.4 cm³/mol. The van der Waals surface area contributed by atoms with Crippen molar-refractivity contribution < 1.29 is 4.79 Å². The van der Waals surface area contributed by atoms with Gasteiger partial charge in [0.25, 0.3) is 5.82 Å². The van der Waals surface area contributed by atoms with Crippen LogP contribution in [-0.2, 0) is 11.3 Å². The highest BCUT2D eigenvalue weighted by atomic mass is 35.5. The summed E-state index contributed by atoms with van der Waals surface area (Å²) in [6.45, 7) is 0.318. The van der Waals surface area contributed by atoms with E-state index in [2.05, 4.69) is 15.4 Å². The van der Waals surface area contributed by atoms with E-state index in [1.807, 2.05) is 6.07 Å². The highest BCUT2D eigenvalue weighted by Crippen LogP contribution is 2.25. The zero-order chi connectivity index (χ0) is 14.5. The Hall–Kier alpha value is -2.10. The molecule has 1 aromatic heterocycles. The molecule has 0 saturated heterocycles. The largest absolute Gasteiger partial charge is 0.325 e. The quantitative estimate of drug-likeness (QED) is 0.940. The standard InChI is InChI=1S/C12H9Cl2N5O/c13-8-1-2-9(14)10(5-8)17-12(20)3-4-19-7-16-11(6-15)18-19/h1-2,5,7H,3-4H2,(H,17,20). The number of carbonyl (C=O) groups excluding carboxylic acids is 1. The Morgan fingerprint density at radius 2 is 2.25 bits per heavy atom. The second kappa shape index (κ2) is 6.37. The van der Waals surface area contributed by atoms with Gasteiger partial charge in [-0.2, -0.15) is 5.26 Å². The fourth-order valence-corrected chi connectivity index (χ4v) is 1.81. The van der Waals surface area contributed by atoms with E-state index in [0.717, 1.165) is 0 Å². The molecule has 0 unspecified atom stereocenters. The average molecular weight is 310 g/mol. The number of aryl methyl sites for hydroxylation is 1. The van der Waals surface area contributed by atoms with Gasteiger partial charge in [0.1, 0.15) is 12.4 Å². The Bertz CT molecular complexity index is 677. The summed E-state index contributed by atoms with van der Waals surface area (Å²) in [4.78, 5) is 15.5. The van der Waals surface area contributed by atoms with E-state index < -0.39 is 0 Å². The number of nitrogens with one attached hydrogen (secondary N) is 1.